The van der Waals surface area contributed by atoms with Gasteiger partial charge in [0.05, 0.1) is 6.54 Å². The third-order valence-electron chi connectivity index (χ3n) is 2.35. The molecule has 0 N–H and O–H groups in total. The highest BCUT2D eigenvalue weighted by molar-refractivity contribution is 9.09. The monoisotopic (exact) mass is 259 g/mol. The maximum atomic E-state index is 12.0. The lowest BCUT2D eigenvalue weighted by molar-refractivity contribution is -0.148. The first-order valence-electron chi connectivity index (χ1n) is 4.31. The van der Waals surface area contributed by atoms with Gasteiger partial charge >= 0.3 is 6.18 Å². The van der Waals surface area contributed by atoms with Crippen LogP contribution in [0.15, 0.2) is 0 Å². The van der Waals surface area contributed by atoms with Crippen molar-refractivity contribution < 1.29 is 13.2 Å². The first-order valence-corrected chi connectivity index (χ1v) is 5.23. The van der Waals surface area contributed by atoms with Gasteiger partial charge in [-0.25, -0.2) is 0 Å². The van der Waals surface area contributed by atoms with Crippen molar-refractivity contribution in [3.05, 3.63) is 0 Å². The van der Waals surface area contributed by atoms with Gasteiger partial charge in [-0.05, 0) is 18.9 Å². The van der Waals surface area contributed by atoms with Crippen molar-refractivity contribution in [3.8, 4) is 0 Å². The first-order chi connectivity index (χ1) is 5.88. The van der Waals surface area contributed by atoms with Crippen molar-refractivity contribution in [1.29, 1.82) is 0 Å². The maximum absolute atomic E-state index is 12.0. The minimum atomic E-state index is -4.06. The zero-order chi connectivity index (χ0) is 10.1. The second kappa shape index (κ2) is 4.17. The third kappa shape index (κ3) is 3.85. The number of halogens is 4. The SMILES string of the molecule is CC1CCN(CC(F)(F)F)CC1Br. The zero-order valence-corrected chi connectivity index (χ0v) is 9.03. The largest absolute Gasteiger partial charge is 0.401 e. The Labute approximate surface area is 84.4 Å². The quantitative estimate of drug-likeness (QED) is 0.655. The predicted octanol–water partition coefficient (Wildman–Crippen LogP) is 2.65. The van der Waals surface area contributed by atoms with Crippen LogP contribution in [0.25, 0.3) is 0 Å². The summed E-state index contributed by atoms with van der Waals surface area (Å²) < 4.78 is 36.0. The van der Waals surface area contributed by atoms with E-state index in [-0.39, 0.29) is 4.83 Å². The normalized spacial score (nSPS) is 32.1. The van der Waals surface area contributed by atoms with E-state index < -0.39 is 12.7 Å². The molecule has 1 nitrogen and oxygen atoms in total. The summed E-state index contributed by atoms with van der Waals surface area (Å²) in [7, 11) is 0. The summed E-state index contributed by atoms with van der Waals surface area (Å²) >= 11 is 3.39. The molecule has 1 aliphatic rings. The molecule has 78 valence electrons. The topological polar surface area (TPSA) is 3.24 Å². The van der Waals surface area contributed by atoms with E-state index in [0.717, 1.165) is 6.42 Å². The third-order valence-corrected chi connectivity index (χ3v) is 3.55. The predicted molar refractivity (Wildman–Crippen MR) is 49.0 cm³/mol. The molecule has 1 fully saturated rings. The number of hydrogen-bond acceptors (Lipinski definition) is 1. The van der Waals surface area contributed by atoms with Crippen LogP contribution in [0.2, 0.25) is 0 Å². The second-order valence-electron chi connectivity index (χ2n) is 3.63. The molecule has 0 saturated carbocycles. The summed E-state index contributed by atoms with van der Waals surface area (Å²) in [5.74, 6) is 0.476. The number of rotatable bonds is 1. The molecule has 0 radical (unpaired) electrons. The Morgan fingerprint density at radius 1 is 1.46 bits per heavy atom. The van der Waals surface area contributed by atoms with E-state index in [1.54, 1.807) is 0 Å². The van der Waals surface area contributed by atoms with Crippen LogP contribution in [0, 0.1) is 5.92 Å². The van der Waals surface area contributed by atoms with Crippen LogP contribution in [-0.4, -0.2) is 35.5 Å². The summed E-state index contributed by atoms with van der Waals surface area (Å²) in [5.41, 5.74) is 0. The number of nitrogens with zero attached hydrogens (tertiary/aromatic N) is 1. The summed E-state index contributed by atoms with van der Waals surface area (Å²) in [4.78, 5) is 1.66. The van der Waals surface area contributed by atoms with E-state index in [9.17, 15) is 13.2 Å². The van der Waals surface area contributed by atoms with E-state index in [4.69, 9.17) is 0 Å². The van der Waals surface area contributed by atoms with Crippen LogP contribution in [0.5, 0.6) is 0 Å². The summed E-state index contributed by atoms with van der Waals surface area (Å²) in [6, 6.07) is 0. The van der Waals surface area contributed by atoms with E-state index in [1.165, 1.54) is 4.90 Å². The van der Waals surface area contributed by atoms with Gasteiger partial charge in [-0.3, -0.25) is 4.90 Å². The van der Waals surface area contributed by atoms with Crippen molar-refractivity contribution in [2.75, 3.05) is 19.6 Å². The van der Waals surface area contributed by atoms with Crippen LogP contribution < -0.4 is 0 Å². The summed E-state index contributed by atoms with van der Waals surface area (Å²) in [6.07, 6.45) is -3.22. The first kappa shape index (κ1) is 11.3. The molecule has 1 aliphatic heterocycles. The molecular weight excluding hydrogens is 247 g/mol. The molecule has 13 heavy (non-hydrogen) atoms. The fourth-order valence-corrected chi connectivity index (χ4v) is 2.16. The van der Waals surface area contributed by atoms with Gasteiger partial charge in [0.2, 0.25) is 0 Å². The standard InChI is InChI=1S/C8H13BrF3N/c1-6-2-3-13(4-7(6)9)5-8(10,11)12/h6-7H,2-5H2,1H3. The summed E-state index contributed by atoms with van der Waals surface area (Å²) in [5, 5.41) is 0. The minimum Gasteiger partial charge on any atom is -0.294 e. The molecule has 0 aliphatic carbocycles. The fraction of sp³-hybridized carbons (Fsp3) is 1.00. The van der Waals surface area contributed by atoms with Gasteiger partial charge < -0.3 is 0 Å². The molecular formula is C8H13BrF3N. The van der Waals surface area contributed by atoms with Crippen LogP contribution in [0.3, 0.4) is 0 Å². The second-order valence-corrected chi connectivity index (χ2v) is 4.81. The van der Waals surface area contributed by atoms with Crippen LogP contribution >= 0.6 is 15.9 Å². The Balaban J connectivity index is 2.38. The van der Waals surface area contributed by atoms with Crippen molar-refractivity contribution in [3.63, 3.8) is 0 Å². The Bertz CT molecular complexity index is 171. The lowest BCUT2D eigenvalue weighted by atomic mass is 9.99. The molecule has 0 amide bonds. The Kier molecular flexibility index (Phi) is 3.63. The van der Waals surface area contributed by atoms with Gasteiger partial charge in [-0.2, -0.15) is 13.2 Å². The fourth-order valence-electron chi connectivity index (χ4n) is 1.48. The van der Waals surface area contributed by atoms with E-state index in [1.807, 2.05) is 0 Å². The molecule has 1 heterocycles. The highest BCUT2D eigenvalue weighted by atomic mass is 79.9. The van der Waals surface area contributed by atoms with Gasteiger partial charge in [0.25, 0.3) is 0 Å². The van der Waals surface area contributed by atoms with Gasteiger partial charge in [0.15, 0.2) is 0 Å². The Morgan fingerprint density at radius 3 is 2.54 bits per heavy atom. The Morgan fingerprint density at radius 2 is 2.08 bits per heavy atom. The molecule has 1 saturated heterocycles. The van der Waals surface area contributed by atoms with Gasteiger partial charge in [0, 0.05) is 11.4 Å². The number of likely N-dealkylation sites (tertiary alicyclic amines) is 1. The smallest absolute Gasteiger partial charge is 0.294 e. The molecule has 0 aromatic heterocycles. The maximum Gasteiger partial charge on any atom is 0.401 e. The van der Waals surface area contributed by atoms with E-state index in [0.29, 0.717) is 19.0 Å². The van der Waals surface area contributed by atoms with Gasteiger partial charge in [-0.1, -0.05) is 22.9 Å². The van der Waals surface area contributed by atoms with Crippen molar-refractivity contribution in [1.82, 2.24) is 4.90 Å². The number of hydrogen-bond donors (Lipinski definition) is 0. The lowest BCUT2D eigenvalue weighted by Gasteiger charge is -2.34. The average Bonchev–Trinajstić information content (AvgIpc) is 1.94. The van der Waals surface area contributed by atoms with Crippen molar-refractivity contribution in [2.45, 2.75) is 24.3 Å². The molecule has 0 spiro atoms. The zero-order valence-electron chi connectivity index (χ0n) is 7.44. The number of piperidine rings is 1. The van der Waals surface area contributed by atoms with E-state index in [2.05, 4.69) is 22.9 Å². The molecule has 1 rings (SSSR count). The highest BCUT2D eigenvalue weighted by Crippen LogP contribution is 2.26. The minimum absolute atomic E-state index is 0.198. The molecule has 2 atom stereocenters. The van der Waals surface area contributed by atoms with Crippen LogP contribution in [0.4, 0.5) is 13.2 Å². The Hall–Kier alpha value is 0.230. The molecule has 2 unspecified atom stereocenters. The van der Waals surface area contributed by atoms with Gasteiger partial charge in [-0.15, -0.1) is 0 Å². The molecule has 0 aromatic carbocycles. The van der Waals surface area contributed by atoms with E-state index >= 15 is 0 Å². The average molecular weight is 260 g/mol. The summed E-state index contributed by atoms with van der Waals surface area (Å²) in [6.45, 7) is 2.34. The highest BCUT2D eigenvalue weighted by Gasteiger charge is 2.34. The molecule has 5 heteroatoms. The molecule has 0 aromatic rings. The van der Waals surface area contributed by atoms with Crippen LogP contribution in [0.1, 0.15) is 13.3 Å². The van der Waals surface area contributed by atoms with Crippen molar-refractivity contribution >= 4 is 15.9 Å². The molecule has 0 bridgehead atoms. The van der Waals surface area contributed by atoms with Crippen LogP contribution in [-0.2, 0) is 0 Å². The number of alkyl halides is 4. The van der Waals surface area contributed by atoms with Gasteiger partial charge in [0.1, 0.15) is 0 Å². The van der Waals surface area contributed by atoms with Crippen molar-refractivity contribution in [2.24, 2.45) is 5.92 Å². The lowest BCUT2D eigenvalue weighted by Crippen LogP contribution is -2.44.